The molecule has 7 heteroatoms. The summed E-state index contributed by atoms with van der Waals surface area (Å²) in [5.74, 6) is 1.37. The number of ether oxygens (including phenoxy) is 5. The van der Waals surface area contributed by atoms with Gasteiger partial charge in [0.05, 0.1) is 26.4 Å². The van der Waals surface area contributed by atoms with Crippen LogP contribution in [0.2, 0.25) is 5.02 Å². The third-order valence-corrected chi connectivity index (χ3v) is 3.87. The zero-order valence-corrected chi connectivity index (χ0v) is 15.9. The molecule has 0 fully saturated rings. The molecule has 0 spiro atoms. The molecule has 0 N–H and O–H groups in total. The van der Waals surface area contributed by atoms with Gasteiger partial charge in [0.1, 0.15) is 12.4 Å². The smallest absolute Gasteiger partial charge is 0.344 e. The third-order valence-electron chi connectivity index (χ3n) is 3.56. The largest absolute Gasteiger partial charge is 0.493 e. The fourth-order valence-electron chi connectivity index (χ4n) is 2.28. The average molecular weight is 381 g/mol. The van der Waals surface area contributed by atoms with Crippen molar-refractivity contribution in [3.8, 4) is 23.0 Å². The van der Waals surface area contributed by atoms with Gasteiger partial charge in [-0.25, -0.2) is 4.79 Å². The van der Waals surface area contributed by atoms with E-state index in [-0.39, 0.29) is 13.2 Å². The SMILES string of the molecule is COc1cc(COC(=O)COc2cc(C)ccc2Cl)cc(OC)c1OC. The number of benzene rings is 2. The first-order chi connectivity index (χ1) is 12.5. The Hall–Kier alpha value is -2.60. The Bertz CT molecular complexity index is 750. The van der Waals surface area contributed by atoms with Gasteiger partial charge in [-0.05, 0) is 42.3 Å². The predicted octanol–water partition coefficient (Wildman–Crippen LogP) is 3.80. The lowest BCUT2D eigenvalue weighted by Crippen LogP contribution is -2.15. The number of carbonyl (C=O) groups is 1. The second-order valence-electron chi connectivity index (χ2n) is 5.42. The van der Waals surface area contributed by atoms with Crippen LogP contribution in [0, 0.1) is 6.92 Å². The molecule has 26 heavy (non-hydrogen) atoms. The van der Waals surface area contributed by atoms with Gasteiger partial charge < -0.3 is 23.7 Å². The summed E-state index contributed by atoms with van der Waals surface area (Å²) in [5, 5.41) is 0.438. The zero-order valence-electron chi connectivity index (χ0n) is 15.1. The highest BCUT2D eigenvalue weighted by atomic mass is 35.5. The van der Waals surface area contributed by atoms with Crippen LogP contribution in [0.3, 0.4) is 0 Å². The van der Waals surface area contributed by atoms with Gasteiger partial charge in [0, 0.05) is 0 Å². The van der Waals surface area contributed by atoms with Crippen molar-refractivity contribution in [3.05, 3.63) is 46.5 Å². The summed E-state index contributed by atoms with van der Waals surface area (Å²) in [6.07, 6.45) is 0. The van der Waals surface area contributed by atoms with E-state index >= 15 is 0 Å². The molecule has 0 aliphatic heterocycles. The Kier molecular flexibility index (Phi) is 6.97. The van der Waals surface area contributed by atoms with Crippen LogP contribution < -0.4 is 18.9 Å². The summed E-state index contributed by atoms with van der Waals surface area (Å²) in [7, 11) is 4.56. The van der Waals surface area contributed by atoms with Crippen LogP contribution in [0.25, 0.3) is 0 Å². The fraction of sp³-hybridized carbons (Fsp3) is 0.316. The molecule has 2 aromatic carbocycles. The topological polar surface area (TPSA) is 63.2 Å². The van der Waals surface area contributed by atoms with Gasteiger partial charge in [-0.2, -0.15) is 0 Å². The third kappa shape index (κ3) is 4.95. The summed E-state index contributed by atoms with van der Waals surface area (Å²) in [6.45, 7) is 1.71. The van der Waals surface area contributed by atoms with Gasteiger partial charge in [0.25, 0.3) is 0 Å². The highest BCUT2D eigenvalue weighted by Crippen LogP contribution is 2.38. The summed E-state index contributed by atoms with van der Waals surface area (Å²) in [4.78, 5) is 11.9. The molecule has 0 heterocycles. The van der Waals surface area contributed by atoms with E-state index < -0.39 is 5.97 Å². The van der Waals surface area contributed by atoms with Crippen LogP contribution in [0.4, 0.5) is 0 Å². The van der Waals surface area contributed by atoms with E-state index in [1.807, 2.05) is 13.0 Å². The molecule has 0 unspecified atom stereocenters. The van der Waals surface area contributed by atoms with Crippen molar-refractivity contribution in [2.24, 2.45) is 0 Å². The van der Waals surface area contributed by atoms with Crippen LogP contribution in [-0.4, -0.2) is 33.9 Å². The molecule has 140 valence electrons. The maximum atomic E-state index is 11.9. The second-order valence-corrected chi connectivity index (χ2v) is 5.82. The maximum Gasteiger partial charge on any atom is 0.344 e. The monoisotopic (exact) mass is 380 g/mol. The molecule has 0 aliphatic carbocycles. The molecule has 0 saturated carbocycles. The molecule has 0 aromatic heterocycles. The lowest BCUT2D eigenvalue weighted by molar-refractivity contribution is -0.147. The molecule has 0 bridgehead atoms. The van der Waals surface area contributed by atoms with Gasteiger partial charge >= 0.3 is 5.97 Å². The summed E-state index contributed by atoms with van der Waals surface area (Å²) < 4.78 is 26.5. The standard InChI is InChI=1S/C19H21ClO6/c1-12-5-6-14(20)15(7-12)25-11-18(21)26-10-13-8-16(22-2)19(24-4)17(9-13)23-3/h5-9H,10-11H2,1-4H3. The van der Waals surface area contributed by atoms with Crippen molar-refractivity contribution in [3.63, 3.8) is 0 Å². The number of aryl methyl sites for hydroxylation is 1. The van der Waals surface area contributed by atoms with Gasteiger partial charge in [0.15, 0.2) is 18.1 Å². The minimum absolute atomic E-state index is 0.0421. The Labute approximate surface area is 157 Å². The minimum Gasteiger partial charge on any atom is -0.493 e. The summed E-state index contributed by atoms with van der Waals surface area (Å²) >= 11 is 6.03. The molecule has 0 radical (unpaired) electrons. The Balaban J connectivity index is 1.97. The number of hydrogen-bond acceptors (Lipinski definition) is 6. The fourth-order valence-corrected chi connectivity index (χ4v) is 2.45. The van der Waals surface area contributed by atoms with E-state index in [0.717, 1.165) is 5.56 Å². The molecule has 2 rings (SSSR count). The van der Waals surface area contributed by atoms with Crippen molar-refractivity contribution in [1.29, 1.82) is 0 Å². The Morgan fingerprint density at radius 3 is 2.19 bits per heavy atom. The van der Waals surface area contributed by atoms with Crippen molar-refractivity contribution in [2.45, 2.75) is 13.5 Å². The van der Waals surface area contributed by atoms with Crippen LogP contribution in [0.5, 0.6) is 23.0 Å². The molecular formula is C19H21ClO6. The molecule has 0 aliphatic rings. The van der Waals surface area contributed by atoms with Crippen LogP contribution >= 0.6 is 11.6 Å². The van der Waals surface area contributed by atoms with Crippen LogP contribution in [0.1, 0.15) is 11.1 Å². The summed E-state index contributed by atoms with van der Waals surface area (Å²) in [5.41, 5.74) is 1.68. The van der Waals surface area contributed by atoms with Crippen molar-refractivity contribution in [1.82, 2.24) is 0 Å². The quantitative estimate of drug-likeness (QED) is 0.649. The van der Waals surface area contributed by atoms with E-state index in [1.165, 1.54) is 21.3 Å². The molecule has 0 amide bonds. The molecular weight excluding hydrogens is 360 g/mol. The zero-order chi connectivity index (χ0) is 19.1. The lowest BCUT2D eigenvalue weighted by atomic mass is 10.2. The van der Waals surface area contributed by atoms with E-state index in [1.54, 1.807) is 24.3 Å². The molecule has 6 nitrogen and oxygen atoms in total. The molecule has 2 aromatic rings. The van der Waals surface area contributed by atoms with Crippen LogP contribution in [0.15, 0.2) is 30.3 Å². The molecule has 0 atom stereocenters. The van der Waals surface area contributed by atoms with Crippen LogP contribution in [-0.2, 0) is 16.1 Å². The van der Waals surface area contributed by atoms with Gasteiger partial charge in [0.2, 0.25) is 5.75 Å². The molecule has 0 saturated heterocycles. The number of hydrogen-bond donors (Lipinski definition) is 0. The first kappa shape index (κ1) is 19.7. The highest BCUT2D eigenvalue weighted by Gasteiger charge is 2.14. The number of methoxy groups -OCH3 is 3. The van der Waals surface area contributed by atoms with E-state index in [2.05, 4.69) is 0 Å². The van der Waals surface area contributed by atoms with E-state index in [4.69, 9.17) is 35.3 Å². The van der Waals surface area contributed by atoms with Gasteiger partial charge in [-0.1, -0.05) is 17.7 Å². The maximum absolute atomic E-state index is 11.9. The van der Waals surface area contributed by atoms with E-state index in [0.29, 0.717) is 33.6 Å². The normalized spacial score (nSPS) is 10.2. The second kappa shape index (κ2) is 9.20. The number of esters is 1. The van der Waals surface area contributed by atoms with Crippen molar-refractivity contribution < 1.29 is 28.5 Å². The first-order valence-electron chi connectivity index (χ1n) is 7.82. The number of carbonyl (C=O) groups excluding carboxylic acids is 1. The predicted molar refractivity (Wildman–Crippen MR) is 97.6 cm³/mol. The Morgan fingerprint density at radius 1 is 0.962 bits per heavy atom. The van der Waals surface area contributed by atoms with Crippen molar-refractivity contribution in [2.75, 3.05) is 27.9 Å². The minimum atomic E-state index is -0.517. The average Bonchev–Trinajstić information content (AvgIpc) is 2.65. The van der Waals surface area contributed by atoms with Gasteiger partial charge in [-0.3, -0.25) is 0 Å². The number of halogens is 1. The first-order valence-corrected chi connectivity index (χ1v) is 8.19. The lowest BCUT2D eigenvalue weighted by Gasteiger charge is -2.14. The summed E-state index contributed by atoms with van der Waals surface area (Å²) in [6, 6.07) is 8.76. The van der Waals surface area contributed by atoms with Gasteiger partial charge in [-0.15, -0.1) is 0 Å². The number of rotatable bonds is 8. The highest BCUT2D eigenvalue weighted by molar-refractivity contribution is 6.32. The Morgan fingerprint density at radius 2 is 1.62 bits per heavy atom. The van der Waals surface area contributed by atoms with Crippen molar-refractivity contribution >= 4 is 17.6 Å². The van der Waals surface area contributed by atoms with E-state index in [9.17, 15) is 4.79 Å².